The van der Waals surface area contributed by atoms with E-state index in [1.165, 1.54) is 23.3 Å². The molecule has 0 saturated carbocycles. The molecule has 0 saturated heterocycles. The largest absolute Gasteiger partial charge is 0.364 e. The van der Waals surface area contributed by atoms with Crippen LogP contribution >= 0.6 is 0 Å². The van der Waals surface area contributed by atoms with Crippen LogP contribution in [0.25, 0.3) is 10.8 Å². The fourth-order valence-electron chi connectivity index (χ4n) is 5.43. The predicted molar refractivity (Wildman–Crippen MR) is 161 cm³/mol. The van der Waals surface area contributed by atoms with Crippen LogP contribution in [0.2, 0.25) is 0 Å². The number of carbonyl (C=O) groups excluding carboxylic acids is 1. The summed E-state index contributed by atoms with van der Waals surface area (Å²) < 4.78 is 31.6. The standard InChI is InChI=1S/C32H36N2O4S/c1-25(35)33(27-16-7-6-8-17-27)22-12-5-4-9-19-30-32(2,3)31-28-18-11-10-15-26(28)20-21-29(31)34(30)23-13-14-24-39(36,37)38/h4-12,15-22,30H,13-14,23-24H2,1-3H3,(H,36,37,38)/b5-4+,19-9+,22-12+. The van der Waals surface area contributed by atoms with Gasteiger partial charge in [0.1, 0.15) is 0 Å². The highest BCUT2D eigenvalue weighted by molar-refractivity contribution is 7.85. The van der Waals surface area contributed by atoms with Gasteiger partial charge in [0.2, 0.25) is 5.91 Å². The molecule has 7 heteroatoms. The van der Waals surface area contributed by atoms with Crippen LogP contribution in [0.15, 0.2) is 103 Å². The molecule has 1 atom stereocenters. The quantitative estimate of drug-likeness (QED) is 0.176. The smallest absolute Gasteiger partial charge is 0.264 e. The van der Waals surface area contributed by atoms with Gasteiger partial charge < -0.3 is 4.90 Å². The van der Waals surface area contributed by atoms with Crippen LogP contribution in [0.5, 0.6) is 0 Å². The number of carbonyl (C=O) groups is 1. The molecule has 0 aliphatic carbocycles. The predicted octanol–water partition coefficient (Wildman–Crippen LogP) is 6.65. The van der Waals surface area contributed by atoms with E-state index in [9.17, 15) is 13.2 Å². The molecular weight excluding hydrogens is 508 g/mol. The van der Waals surface area contributed by atoms with E-state index < -0.39 is 10.1 Å². The topological polar surface area (TPSA) is 77.9 Å². The van der Waals surface area contributed by atoms with E-state index in [2.05, 4.69) is 55.2 Å². The number of unbranched alkanes of at least 4 members (excludes halogenated alkanes) is 1. The third-order valence-corrected chi connectivity index (χ3v) is 8.03. The lowest BCUT2D eigenvalue weighted by Crippen LogP contribution is -2.40. The summed E-state index contributed by atoms with van der Waals surface area (Å²) >= 11 is 0. The van der Waals surface area contributed by atoms with Crippen LogP contribution in [-0.4, -0.2) is 37.2 Å². The molecule has 1 unspecified atom stereocenters. The van der Waals surface area contributed by atoms with Crippen molar-refractivity contribution in [2.45, 2.75) is 45.1 Å². The SMILES string of the molecule is CC(=O)N(/C=C/C=C/C=C/C1N(CCCCS(=O)(=O)O)c2ccc3ccccc3c2C1(C)C)c1ccccc1. The van der Waals surface area contributed by atoms with Crippen LogP contribution in [-0.2, 0) is 20.3 Å². The summed E-state index contributed by atoms with van der Waals surface area (Å²) in [4.78, 5) is 16.0. The molecule has 1 heterocycles. The number of para-hydroxylation sites is 1. The fourth-order valence-corrected chi connectivity index (χ4v) is 6.00. The molecule has 0 fully saturated rings. The number of amides is 1. The van der Waals surface area contributed by atoms with Gasteiger partial charge in [-0.2, -0.15) is 8.42 Å². The molecule has 3 aromatic carbocycles. The first kappa shape index (κ1) is 28.3. The second-order valence-electron chi connectivity index (χ2n) is 10.4. The minimum atomic E-state index is -3.97. The molecule has 1 aliphatic heterocycles. The van der Waals surface area contributed by atoms with Crippen molar-refractivity contribution in [2.75, 3.05) is 22.1 Å². The zero-order valence-corrected chi connectivity index (χ0v) is 23.5. The van der Waals surface area contributed by atoms with Crippen molar-refractivity contribution in [3.05, 3.63) is 109 Å². The van der Waals surface area contributed by atoms with Gasteiger partial charge in [-0.25, -0.2) is 0 Å². The summed E-state index contributed by atoms with van der Waals surface area (Å²) in [5.41, 5.74) is 3.06. The van der Waals surface area contributed by atoms with Crippen molar-refractivity contribution >= 4 is 38.2 Å². The Morgan fingerprint density at radius 1 is 0.949 bits per heavy atom. The average molecular weight is 545 g/mol. The highest BCUT2D eigenvalue weighted by Gasteiger charge is 2.43. The molecule has 0 spiro atoms. The summed E-state index contributed by atoms with van der Waals surface area (Å²) in [6.45, 7) is 6.71. The Morgan fingerprint density at radius 2 is 1.64 bits per heavy atom. The first-order valence-electron chi connectivity index (χ1n) is 13.2. The Kier molecular flexibility index (Phi) is 8.73. The van der Waals surface area contributed by atoms with Crippen LogP contribution in [0.1, 0.15) is 39.2 Å². The van der Waals surface area contributed by atoms with Crippen molar-refractivity contribution in [2.24, 2.45) is 0 Å². The van der Waals surface area contributed by atoms with Gasteiger partial charge in [0.05, 0.1) is 11.8 Å². The Hall–Kier alpha value is -3.68. The van der Waals surface area contributed by atoms with Crippen molar-refractivity contribution in [3.63, 3.8) is 0 Å². The molecule has 0 radical (unpaired) electrons. The van der Waals surface area contributed by atoms with Crippen LogP contribution in [0.3, 0.4) is 0 Å². The van der Waals surface area contributed by atoms with Gasteiger partial charge >= 0.3 is 0 Å². The van der Waals surface area contributed by atoms with Gasteiger partial charge in [0, 0.05) is 36.5 Å². The highest BCUT2D eigenvalue weighted by atomic mass is 32.2. The number of allylic oxidation sites excluding steroid dienone is 4. The first-order chi connectivity index (χ1) is 18.6. The van der Waals surface area contributed by atoms with Crippen molar-refractivity contribution < 1.29 is 17.8 Å². The zero-order valence-electron chi connectivity index (χ0n) is 22.7. The zero-order chi connectivity index (χ0) is 28.0. The highest BCUT2D eigenvalue weighted by Crippen LogP contribution is 2.49. The number of anilines is 2. The molecule has 1 aliphatic rings. The van der Waals surface area contributed by atoms with Gasteiger partial charge in [-0.3, -0.25) is 14.2 Å². The van der Waals surface area contributed by atoms with E-state index in [-0.39, 0.29) is 23.1 Å². The molecular formula is C32H36N2O4S. The summed E-state index contributed by atoms with van der Waals surface area (Å²) in [5, 5.41) is 2.42. The van der Waals surface area contributed by atoms with E-state index in [1.54, 1.807) is 11.1 Å². The van der Waals surface area contributed by atoms with Gasteiger partial charge in [-0.05, 0) is 53.5 Å². The molecule has 0 aromatic heterocycles. The van der Waals surface area contributed by atoms with Crippen LogP contribution in [0.4, 0.5) is 11.4 Å². The van der Waals surface area contributed by atoms with Crippen molar-refractivity contribution in [3.8, 4) is 0 Å². The maximum absolute atomic E-state index is 12.1. The van der Waals surface area contributed by atoms with E-state index in [0.717, 1.165) is 11.4 Å². The summed E-state index contributed by atoms with van der Waals surface area (Å²) in [7, 11) is -3.97. The summed E-state index contributed by atoms with van der Waals surface area (Å²) in [6.07, 6.45) is 12.7. The maximum atomic E-state index is 12.1. The molecule has 39 heavy (non-hydrogen) atoms. The van der Waals surface area contributed by atoms with Gasteiger partial charge in [0.15, 0.2) is 0 Å². The fraction of sp³-hybridized carbons (Fsp3) is 0.281. The average Bonchev–Trinajstić information content (AvgIpc) is 3.11. The first-order valence-corrected chi connectivity index (χ1v) is 14.8. The van der Waals surface area contributed by atoms with Gasteiger partial charge in [-0.1, -0.05) is 86.7 Å². The molecule has 1 amide bonds. The number of rotatable bonds is 10. The second-order valence-corrected chi connectivity index (χ2v) is 11.9. The van der Waals surface area contributed by atoms with Crippen LogP contribution in [0, 0.1) is 0 Å². The number of fused-ring (bicyclic) bond motifs is 3. The number of hydrogen-bond acceptors (Lipinski definition) is 4. The Morgan fingerprint density at radius 3 is 2.36 bits per heavy atom. The molecule has 0 bridgehead atoms. The molecule has 4 rings (SSSR count). The number of hydrogen-bond donors (Lipinski definition) is 1. The Bertz CT molecular complexity index is 1510. The number of nitrogens with zero attached hydrogens (tertiary/aromatic N) is 2. The Labute approximate surface area is 231 Å². The van der Waals surface area contributed by atoms with Crippen molar-refractivity contribution in [1.29, 1.82) is 0 Å². The number of benzene rings is 3. The third kappa shape index (κ3) is 6.67. The lowest BCUT2D eigenvalue weighted by Gasteiger charge is -2.32. The molecule has 1 N–H and O–H groups in total. The summed E-state index contributed by atoms with van der Waals surface area (Å²) in [5.74, 6) is -0.297. The lowest BCUT2D eigenvalue weighted by atomic mass is 9.78. The lowest BCUT2D eigenvalue weighted by molar-refractivity contribution is -0.116. The normalized spacial score (nSPS) is 17.0. The van der Waals surface area contributed by atoms with E-state index in [1.807, 2.05) is 60.7 Å². The molecule has 6 nitrogen and oxygen atoms in total. The second kappa shape index (κ2) is 12.0. The van der Waals surface area contributed by atoms with Gasteiger partial charge in [-0.15, -0.1) is 0 Å². The van der Waals surface area contributed by atoms with E-state index >= 15 is 0 Å². The minimum Gasteiger partial charge on any atom is -0.364 e. The molecule has 3 aromatic rings. The monoisotopic (exact) mass is 544 g/mol. The third-order valence-electron chi connectivity index (χ3n) is 7.22. The Balaban J connectivity index is 1.56. The van der Waals surface area contributed by atoms with Gasteiger partial charge in [0.25, 0.3) is 10.1 Å². The van der Waals surface area contributed by atoms with Crippen molar-refractivity contribution in [1.82, 2.24) is 0 Å². The maximum Gasteiger partial charge on any atom is 0.264 e. The minimum absolute atomic E-state index is 0.0516. The van der Waals surface area contributed by atoms with Crippen LogP contribution < -0.4 is 9.80 Å². The molecule has 204 valence electrons. The van der Waals surface area contributed by atoms with E-state index in [0.29, 0.717) is 19.4 Å². The van der Waals surface area contributed by atoms with E-state index in [4.69, 9.17) is 4.55 Å². The summed E-state index contributed by atoms with van der Waals surface area (Å²) in [6, 6.07) is 22.2.